The molecule has 0 saturated heterocycles. The third-order valence-corrected chi connectivity index (χ3v) is 2.60. The minimum Gasteiger partial charge on any atom is -0.489 e. The van der Waals surface area contributed by atoms with E-state index in [0.29, 0.717) is 12.2 Å². The lowest BCUT2D eigenvalue weighted by Crippen LogP contribution is -2.00. The van der Waals surface area contributed by atoms with E-state index in [-0.39, 0.29) is 0 Å². The van der Waals surface area contributed by atoms with Gasteiger partial charge in [0.15, 0.2) is 0 Å². The summed E-state index contributed by atoms with van der Waals surface area (Å²) in [6, 6.07) is 15.1. The Kier molecular flexibility index (Phi) is 3.55. The first-order valence-corrected chi connectivity index (χ1v) is 5.46. The Morgan fingerprint density at radius 3 is 2.53 bits per heavy atom. The molecule has 2 heteroatoms. The summed E-state index contributed by atoms with van der Waals surface area (Å²) in [6.07, 6.45) is 1.92. The zero-order valence-corrected chi connectivity index (χ0v) is 9.64. The lowest BCUT2D eigenvalue weighted by molar-refractivity contribution is 0.304. The van der Waals surface area contributed by atoms with Crippen LogP contribution in [-0.2, 0) is 11.4 Å². The third kappa shape index (κ3) is 2.72. The Morgan fingerprint density at radius 2 is 1.76 bits per heavy atom. The van der Waals surface area contributed by atoms with Crippen LogP contribution in [0.15, 0.2) is 48.5 Å². The molecule has 0 bridgehead atoms. The van der Waals surface area contributed by atoms with Crippen molar-refractivity contribution in [3.63, 3.8) is 0 Å². The number of carbonyl (C=O) groups excluding carboxylic acids is 1. The second-order valence-corrected chi connectivity index (χ2v) is 3.81. The molecule has 0 fully saturated rings. The molecular formula is C15H13O2. The number of aryl methyl sites for hydroxylation is 1. The average Bonchev–Trinajstić information content (AvgIpc) is 2.38. The number of benzene rings is 2. The van der Waals surface area contributed by atoms with Crippen molar-refractivity contribution >= 4 is 6.29 Å². The van der Waals surface area contributed by atoms with Crippen molar-refractivity contribution in [2.45, 2.75) is 13.5 Å². The SMILES string of the molecule is Cc1ccccc1OCc1ccccc1[C]=O. The number of hydrogen-bond acceptors (Lipinski definition) is 2. The summed E-state index contributed by atoms with van der Waals surface area (Å²) in [5.41, 5.74) is 2.49. The van der Waals surface area contributed by atoms with E-state index in [2.05, 4.69) is 0 Å². The predicted octanol–water partition coefficient (Wildman–Crippen LogP) is 3.03. The van der Waals surface area contributed by atoms with Crippen LogP contribution in [0.5, 0.6) is 5.75 Å². The van der Waals surface area contributed by atoms with Gasteiger partial charge < -0.3 is 4.74 Å². The molecule has 0 atom stereocenters. The first-order valence-electron chi connectivity index (χ1n) is 5.46. The van der Waals surface area contributed by atoms with Gasteiger partial charge in [-0.05, 0) is 18.6 Å². The zero-order chi connectivity index (χ0) is 12.1. The highest BCUT2D eigenvalue weighted by Crippen LogP contribution is 2.18. The van der Waals surface area contributed by atoms with Crippen LogP contribution in [0.4, 0.5) is 0 Å². The monoisotopic (exact) mass is 225 g/mol. The van der Waals surface area contributed by atoms with Crippen molar-refractivity contribution in [2.24, 2.45) is 0 Å². The van der Waals surface area contributed by atoms with Gasteiger partial charge >= 0.3 is 0 Å². The molecule has 0 unspecified atom stereocenters. The lowest BCUT2D eigenvalue weighted by atomic mass is 10.1. The summed E-state index contributed by atoms with van der Waals surface area (Å²) < 4.78 is 5.69. The van der Waals surface area contributed by atoms with Crippen LogP contribution in [0.1, 0.15) is 16.7 Å². The molecule has 0 aromatic heterocycles. The van der Waals surface area contributed by atoms with Crippen LogP contribution < -0.4 is 4.74 Å². The van der Waals surface area contributed by atoms with Gasteiger partial charge in [0.05, 0.1) is 0 Å². The molecule has 2 aromatic rings. The van der Waals surface area contributed by atoms with Crippen molar-refractivity contribution in [3.8, 4) is 5.75 Å². The average molecular weight is 225 g/mol. The summed E-state index contributed by atoms with van der Waals surface area (Å²) in [4.78, 5) is 10.7. The van der Waals surface area contributed by atoms with E-state index in [1.165, 1.54) is 0 Å². The minimum absolute atomic E-state index is 0.385. The molecule has 2 nitrogen and oxygen atoms in total. The molecule has 0 aliphatic rings. The van der Waals surface area contributed by atoms with Gasteiger partial charge in [-0.15, -0.1) is 0 Å². The summed E-state index contributed by atoms with van der Waals surface area (Å²) in [7, 11) is 0. The fourth-order valence-corrected chi connectivity index (χ4v) is 1.62. The van der Waals surface area contributed by atoms with Crippen molar-refractivity contribution in [1.29, 1.82) is 0 Å². The Labute approximate surface area is 101 Å². The predicted molar refractivity (Wildman–Crippen MR) is 66.7 cm³/mol. The van der Waals surface area contributed by atoms with Gasteiger partial charge in [-0.2, -0.15) is 0 Å². The number of ether oxygens (including phenoxy) is 1. The van der Waals surface area contributed by atoms with E-state index in [4.69, 9.17) is 4.74 Å². The molecule has 0 aliphatic heterocycles. The molecule has 85 valence electrons. The Hall–Kier alpha value is -2.09. The van der Waals surface area contributed by atoms with Crippen LogP contribution >= 0.6 is 0 Å². The summed E-state index contributed by atoms with van der Waals surface area (Å²) in [5, 5.41) is 0. The van der Waals surface area contributed by atoms with E-state index in [1.54, 1.807) is 6.07 Å². The van der Waals surface area contributed by atoms with Crippen molar-refractivity contribution in [1.82, 2.24) is 0 Å². The van der Waals surface area contributed by atoms with E-state index in [1.807, 2.05) is 55.7 Å². The topological polar surface area (TPSA) is 26.3 Å². The third-order valence-electron chi connectivity index (χ3n) is 2.60. The second kappa shape index (κ2) is 5.30. The molecule has 0 heterocycles. The van der Waals surface area contributed by atoms with Crippen LogP contribution in [0.2, 0.25) is 0 Å². The smallest absolute Gasteiger partial charge is 0.233 e. The molecule has 0 N–H and O–H groups in total. The fraction of sp³-hybridized carbons (Fsp3) is 0.133. The van der Waals surface area contributed by atoms with Crippen molar-refractivity contribution in [2.75, 3.05) is 0 Å². The number of rotatable bonds is 4. The maximum atomic E-state index is 10.7. The van der Waals surface area contributed by atoms with Crippen LogP contribution in [0, 0.1) is 6.92 Å². The summed E-state index contributed by atoms with van der Waals surface area (Å²) in [6.45, 7) is 2.38. The Morgan fingerprint density at radius 1 is 1.06 bits per heavy atom. The van der Waals surface area contributed by atoms with Gasteiger partial charge in [0.25, 0.3) is 0 Å². The second-order valence-electron chi connectivity index (χ2n) is 3.81. The molecule has 17 heavy (non-hydrogen) atoms. The summed E-state index contributed by atoms with van der Waals surface area (Å²) in [5.74, 6) is 0.841. The molecule has 0 aliphatic carbocycles. The molecule has 2 aromatic carbocycles. The van der Waals surface area contributed by atoms with E-state index < -0.39 is 0 Å². The molecule has 2 rings (SSSR count). The highest BCUT2D eigenvalue weighted by Gasteiger charge is 2.03. The van der Waals surface area contributed by atoms with Gasteiger partial charge in [-0.25, -0.2) is 0 Å². The maximum absolute atomic E-state index is 10.7. The van der Waals surface area contributed by atoms with Gasteiger partial charge in [0, 0.05) is 11.1 Å². The summed E-state index contributed by atoms with van der Waals surface area (Å²) >= 11 is 0. The largest absolute Gasteiger partial charge is 0.489 e. The Balaban J connectivity index is 2.13. The normalized spacial score (nSPS) is 9.94. The fourth-order valence-electron chi connectivity index (χ4n) is 1.62. The molecule has 0 saturated carbocycles. The van der Waals surface area contributed by atoms with Crippen LogP contribution in [0.25, 0.3) is 0 Å². The van der Waals surface area contributed by atoms with Crippen LogP contribution in [0.3, 0.4) is 0 Å². The molecule has 0 amide bonds. The van der Waals surface area contributed by atoms with E-state index in [9.17, 15) is 4.79 Å². The first kappa shape index (κ1) is 11.4. The Bertz CT molecular complexity index is 518. The van der Waals surface area contributed by atoms with E-state index in [0.717, 1.165) is 16.9 Å². The molecule has 0 spiro atoms. The van der Waals surface area contributed by atoms with Gasteiger partial charge in [0.1, 0.15) is 12.4 Å². The van der Waals surface area contributed by atoms with Crippen molar-refractivity contribution < 1.29 is 9.53 Å². The standard InChI is InChI=1S/C15H13O2/c1-12-6-2-5-9-15(12)17-11-14-8-4-3-7-13(14)10-16/h2-9H,11H2,1H3. The quantitative estimate of drug-likeness (QED) is 0.799. The highest BCUT2D eigenvalue weighted by atomic mass is 16.5. The van der Waals surface area contributed by atoms with Crippen LogP contribution in [-0.4, -0.2) is 6.29 Å². The van der Waals surface area contributed by atoms with Gasteiger partial charge in [-0.3, -0.25) is 4.79 Å². The molecular weight excluding hydrogens is 212 g/mol. The van der Waals surface area contributed by atoms with E-state index >= 15 is 0 Å². The first-order chi connectivity index (χ1) is 8.31. The van der Waals surface area contributed by atoms with Crippen molar-refractivity contribution in [3.05, 3.63) is 65.2 Å². The number of hydrogen-bond donors (Lipinski definition) is 0. The lowest BCUT2D eigenvalue weighted by Gasteiger charge is -2.09. The number of para-hydroxylation sites is 1. The highest BCUT2D eigenvalue weighted by molar-refractivity contribution is 5.77. The maximum Gasteiger partial charge on any atom is 0.233 e. The van der Waals surface area contributed by atoms with Gasteiger partial charge in [-0.1, -0.05) is 42.5 Å². The molecule has 1 radical (unpaired) electrons. The minimum atomic E-state index is 0.385. The van der Waals surface area contributed by atoms with Gasteiger partial charge in [0.2, 0.25) is 6.29 Å². The zero-order valence-electron chi connectivity index (χ0n) is 9.64.